The number of ether oxygens (including phenoxy) is 1. The summed E-state index contributed by atoms with van der Waals surface area (Å²) in [7, 11) is 0. The Hall–Kier alpha value is -0.840. The second-order valence-electron chi connectivity index (χ2n) is 4.47. The first kappa shape index (κ1) is 13.6. The third-order valence-electron chi connectivity index (χ3n) is 3.15. The fraction of sp³-hybridized carbons (Fsp3) is 0.462. The molecular weight excluding hydrogens is 268 g/mol. The molecule has 98 valence electrons. The molecule has 0 aromatic heterocycles. The van der Waals surface area contributed by atoms with E-state index in [1.165, 1.54) is 0 Å². The van der Waals surface area contributed by atoms with E-state index in [1.807, 2.05) is 12.1 Å². The molecule has 1 aliphatic rings. The van der Waals surface area contributed by atoms with Gasteiger partial charge in [-0.2, -0.15) is 0 Å². The van der Waals surface area contributed by atoms with Crippen molar-refractivity contribution in [1.29, 1.82) is 0 Å². The Kier molecular flexibility index (Phi) is 4.80. The van der Waals surface area contributed by atoms with Crippen LogP contribution in [0.3, 0.4) is 0 Å². The summed E-state index contributed by atoms with van der Waals surface area (Å²) in [5, 5.41) is 3.95. The number of hydrogen-bond acceptors (Lipinski definition) is 3. The minimum absolute atomic E-state index is 0.326. The number of thiocarbonyl (C=S) groups is 1. The minimum atomic E-state index is 0.326. The van der Waals surface area contributed by atoms with Crippen molar-refractivity contribution in [3.05, 3.63) is 28.8 Å². The zero-order chi connectivity index (χ0) is 13.0. The maximum atomic E-state index is 6.10. The molecule has 0 spiro atoms. The first-order chi connectivity index (χ1) is 8.68. The summed E-state index contributed by atoms with van der Waals surface area (Å²) in [5.74, 6) is 0.657. The van der Waals surface area contributed by atoms with Crippen LogP contribution in [-0.2, 0) is 4.74 Å². The molecule has 1 saturated heterocycles. The molecule has 5 heteroatoms. The van der Waals surface area contributed by atoms with E-state index in [1.54, 1.807) is 6.07 Å². The summed E-state index contributed by atoms with van der Waals surface area (Å²) in [6, 6.07) is 5.64. The molecule has 1 atom stereocenters. The Morgan fingerprint density at radius 1 is 1.56 bits per heavy atom. The lowest BCUT2D eigenvalue weighted by molar-refractivity contribution is 0.185. The van der Waals surface area contributed by atoms with Crippen LogP contribution >= 0.6 is 23.8 Å². The summed E-state index contributed by atoms with van der Waals surface area (Å²) in [6.07, 6.45) is 2.24. The number of nitrogens with one attached hydrogen (secondary N) is 1. The van der Waals surface area contributed by atoms with Crippen molar-refractivity contribution in [2.24, 2.45) is 11.7 Å². The van der Waals surface area contributed by atoms with Gasteiger partial charge in [-0.25, -0.2) is 0 Å². The third kappa shape index (κ3) is 3.34. The Balaban J connectivity index is 1.96. The summed E-state index contributed by atoms with van der Waals surface area (Å²) < 4.78 is 5.35. The van der Waals surface area contributed by atoms with Crippen LogP contribution in [0.25, 0.3) is 0 Å². The van der Waals surface area contributed by atoms with Crippen molar-refractivity contribution in [2.45, 2.75) is 12.8 Å². The first-order valence-corrected chi connectivity index (χ1v) is 6.87. The molecule has 0 bridgehead atoms. The molecule has 1 aromatic carbocycles. The Morgan fingerprint density at radius 2 is 2.39 bits per heavy atom. The van der Waals surface area contributed by atoms with E-state index in [-0.39, 0.29) is 0 Å². The Bertz CT molecular complexity index is 433. The van der Waals surface area contributed by atoms with Gasteiger partial charge in [-0.3, -0.25) is 0 Å². The standard InChI is InChI=1S/C13H17ClN2OS/c14-10-2-1-3-11(12(10)13(15)18)16-6-4-9-5-7-17-8-9/h1-3,9,16H,4-8H2,(H2,15,18). The lowest BCUT2D eigenvalue weighted by atomic mass is 10.1. The van der Waals surface area contributed by atoms with Gasteiger partial charge in [0.1, 0.15) is 4.99 Å². The molecule has 0 saturated carbocycles. The number of anilines is 1. The van der Waals surface area contributed by atoms with Gasteiger partial charge in [0, 0.05) is 25.4 Å². The van der Waals surface area contributed by atoms with Gasteiger partial charge in [-0.05, 0) is 30.9 Å². The normalized spacial score (nSPS) is 18.8. The molecule has 3 N–H and O–H groups in total. The molecule has 1 unspecified atom stereocenters. The van der Waals surface area contributed by atoms with Crippen LogP contribution in [0, 0.1) is 5.92 Å². The highest BCUT2D eigenvalue weighted by atomic mass is 35.5. The zero-order valence-electron chi connectivity index (χ0n) is 10.1. The summed E-state index contributed by atoms with van der Waals surface area (Å²) >= 11 is 11.1. The molecule has 18 heavy (non-hydrogen) atoms. The highest BCUT2D eigenvalue weighted by Gasteiger charge is 2.15. The van der Waals surface area contributed by atoms with Crippen molar-refractivity contribution in [3.63, 3.8) is 0 Å². The molecule has 3 nitrogen and oxygen atoms in total. The van der Waals surface area contributed by atoms with Gasteiger partial charge >= 0.3 is 0 Å². The van der Waals surface area contributed by atoms with Crippen LogP contribution in [0.2, 0.25) is 5.02 Å². The number of nitrogens with two attached hydrogens (primary N) is 1. The van der Waals surface area contributed by atoms with Crippen molar-refractivity contribution in [3.8, 4) is 0 Å². The summed E-state index contributed by atoms with van der Waals surface area (Å²) in [5.41, 5.74) is 7.34. The van der Waals surface area contributed by atoms with Gasteiger partial charge in [-0.1, -0.05) is 29.9 Å². The van der Waals surface area contributed by atoms with Crippen LogP contribution in [0.5, 0.6) is 0 Å². The predicted octanol–water partition coefficient (Wildman–Crippen LogP) is 2.81. The lowest BCUT2D eigenvalue weighted by Crippen LogP contribution is -2.15. The fourth-order valence-corrected chi connectivity index (χ4v) is 2.70. The molecule has 1 aromatic rings. The van der Waals surface area contributed by atoms with E-state index >= 15 is 0 Å². The molecule has 0 radical (unpaired) electrons. The molecule has 2 rings (SSSR count). The summed E-state index contributed by atoms with van der Waals surface area (Å²) in [6.45, 7) is 2.64. The maximum Gasteiger partial charge on any atom is 0.107 e. The monoisotopic (exact) mass is 284 g/mol. The van der Waals surface area contributed by atoms with Gasteiger partial charge in [0.05, 0.1) is 10.6 Å². The number of benzene rings is 1. The van der Waals surface area contributed by atoms with E-state index in [0.717, 1.165) is 43.9 Å². The van der Waals surface area contributed by atoms with Crippen LogP contribution < -0.4 is 11.1 Å². The number of rotatable bonds is 5. The van der Waals surface area contributed by atoms with E-state index in [2.05, 4.69) is 5.32 Å². The Morgan fingerprint density at radius 3 is 3.06 bits per heavy atom. The van der Waals surface area contributed by atoms with E-state index < -0.39 is 0 Å². The van der Waals surface area contributed by atoms with Crippen LogP contribution in [-0.4, -0.2) is 24.7 Å². The highest BCUT2D eigenvalue weighted by Crippen LogP contribution is 2.25. The van der Waals surface area contributed by atoms with E-state index in [9.17, 15) is 0 Å². The van der Waals surface area contributed by atoms with E-state index in [0.29, 0.717) is 15.9 Å². The second-order valence-corrected chi connectivity index (χ2v) is 5.32. The van der Waals surface area contributed by atoms with Gasteiger partial charge in [0.25, 0.3) is 0 Å². The topological polar surface area (TPSA) is 47.3 Å². The van der Waals surface area contributed by atoms with Crippen molar-refractivity contribution < 1.29 is 4.74 Å². The van der Waals surface area contributed by atoms with Gasteiger partial charge < -0.3 is 15.8 Å². The smallest absolute Gasteiger partial charge is 0.107 e. The second kappa shape index (κ2) is 6.36. The lowest BCUT2D eigenvalue weighted by Gasteiger charge is -2.14. The predicted molar refractivity (Wildman–Crippen MR) is 79.4 cm³/mol. The van der Waals surface area contributed by atoms with Crippen LogP contribution in [0.4, 0.5) is 5.69 Å². The molecular formula is C13H17ClN2OS. The summed E-state index contributed by atoms with van der Waals surface area (Å²) in [4.78, 5) is 0.326. The molecule has 1 heterocycles. The third-order valence-corrected chi connectivity index (χ3v) is 3.67. The van der Waals surface area contributed by atoms with Crippen LogP contribution in [0.15, 0.2) is 18.2 Å². The van der Waals surface area contributed by atoms with Gasteiger partial charge in [-0.15, -0.1) is 0 Å². The largest absolute Gasteiger partial charge is 0.389 e. The average Bonchev–Trinajstić information content (AvgIpc) is 2.81. The average molecular weight is 285 g/mol. The highest BCUT2D eigenvalue weighted by molar-refractivity contribution is 7.80. The molecule has 1 fully saturated rings. The van der Waals surface area contributed by atoms with Crippen molar-refractivity contribution >= 4 is 34.5 Å². The zero-order valence-corrected chi connectivity index (χ0v) is 11.7. The van der Waals surface area contributed by atoms with E-state index in [4.69, 9.17) is 34.3 Å². The van der Waals surface area contributed by atoms with Crippen molar-refractivity contribution in [1.82, 2.24) is 0 Å². The van der Waals surface area contributed by atoms with Crippen molar-refractivity contribution in [2.75, 3.05) is 25.1 Å². The quantitative estimate of drug-likeness (QED) is 0.816. The van der Waals surface area contributed by atoms with Crippen LogP contribution in [0.1, 0.15) is 18.4 Å². The molecule has 0 aliphatic carbocycles. The molecule has 1 aliphatic heterocycles. The van der Waals surface area contributed by atoms with Gasteiger partial charge in [0.2, 0.25) is 0 Å². The Labute approximate surface area is 118 Å². The fourth-order valence-electron chi connectivity index (χ4n) is 2.14. The molecule has 0 amide bonds. The number of hydrogen-bond donors (Lipinski definition) is 2. The first-order valence-electron chi connectivity index (χ1n) is 6.08. The van der Waals surface area contributed by atoms with Gasteiger partial charge in [0.15, 0.2) is 0 Å². The maximum absolute atomic E-state index is 6.10. The SMILES string of the molecule is NC(=S)c1c(Cl)cccc1NCCC1CCOC1. The number of halogens is 1. The minimum Gasteiger partial charge on any atom is -0.389 e.